The molecule has 0 spiro atoms. The maximum atomic E-state index is 11.3. The first-order valence-electron chi connectivity index (χ1n) is 5.77. The second-order valence-electron chi connectivity index (χ2n) is 5.23. The van der Waals surface area contributed by atoms with Crippen LogP contribution in [0.25, 0.3) is 0 Å². The fourth-order valence-corrected chi connectivity index (χ4v) is 2.08. The van der Waals surface area contributed by atoms with E-state index >= 15 is 0 Å². The average Bonchev–Trinajstić information content (AvgIpc) is 2.61. The van der Waals surface area contributed by atoms with E-state index in [1.807, 2.05) is 0 Å². The Morgan fingerprint density at radius 2 is 2.05 bits per heavy atom. The number of hydrogen-bond acceptors (Lipinski definition) is 6. The van der Waals surface area contributed by atoms with Crippen LogP contribution in [-0.2, 0) is 26.8 Å². The molecule has 0 saturated carbocycles. The minimum absolute atomic E-state index is 0.0500. The number of sulfone groups is 1. The van der Waals surface area contributed by atoms with Gasteiger partial charge in [0.2, 0.25) is 5.89 Å². The highest BCUT2D eigenvalue weighted by Gasteiger charge is 2.38. The van der Waals surface area contributed by atoms with Gasteiger partial charge < -0.3 is 9.63 Å². The topological polar surface area (TPSA) is 110 Å². The summed E-state index contributed by atoms with van der Waals surface area (Å²) in [6.45, 7) is 5.18. The summed E-state index contributed by atoms with van der Waals surface area (Å²) >= 11 is 0. The molecule has 0 bridgehead atoms. The molecule has 1 unspecified atom stereocenters. The Kier molecular flexibility index (Phi) is 4.34. The molecule has 0 amide bonds. The van der Waals surface area contributed by atoms with E-state index in [-0.39, 0.29) is 29.8 Å². The SMILES string of the molecule is CC(C)C(C)(Cc1nc(CS(C)(=O)=O)no1)C(=O)O. The molecule has 0 saturated heterocycles. The predicted octanol–water partition coefficient (Wildman–Crippen LogP) is 0.904. The van der Waals surface area contributed by atoms with Gasteiger partial charge in [-0.15, -0.1) is 0 Å². The van der Waals surface area contributed by atoms with Crippen LogP contribution >= 0.6 is 0 Å². The molecule has 19 heavy (non-hydrogen) atoms. The number of aliphatic carboxylic acids is 1. The molecule has 1 atom stereocenters. The van der Waals surface area contributed by atoms with Gasteiger partial charge in [0.05, 0.1) is 5.41 Å². The number of nitrogens with zero attached hydrogens (tertiary/aromatic N) is 2. The van der Waals surface area contributed by atoms with Gasteiger partial charge in [-0.05, 0) is 12.8 Å². The highest BCUT2D eigenvalue weighted by molar-refractivity contribution is 7.89. The van der Waals surface area contributed by atoms with Gasteiger partial charge in [-0.2, -0.15) is 4.98 Å². The second-order valence-corrected chi connectivity index (χ2v) is 7.37. The van der Waals surface area contributed by atoms with E-state index < -0.39 is 21.2 Å². The van der Waals surface area contributed by atoms with E-state index in [4.69, 9.17) is 4.52 Å². The third-order valence-electron chi connectivity index (χ3n) is 3.18. The highest BCUT2D eigenvalue weighted by atomic mass is 32.2. The number of hydrogen-bond donors (Lipinski definition) is 1. The maximum Gasteiger partial charge on any atom is 0.310 e. The van der Waals surface area contributed by atoms with E-state index in [1.54, 1.807) is 20.8 Å². The largest absolute Gasteiger partial charge is 0.481 e. The van der Waals surface area contributed by atoms with Gasteiger partial charge in [-0.25, -0.2) is 8.42 Å². The molecule has 0 aliphatic carbocycles. The van der Waals surface area contributed by atoms with Gasteiger partial charge in [0.1, 0.15) is 5.75 Å². The second kappa shape index (κ2) is 5.28. The number of carboxylic acids is 1. The van der Waals surface area contributed by atoms with E-state index in [1.165, 1.54) is 0 Å². The van der Waals surface area contributed by atoms with Crippen molar-refractivity contribution in [3.05, 3.63) is 11.7 Å². The molecule has 1 aromatic heterocycles. The number of rotatable bonds is 6. The molecule has 1 aromatic rings. The van der Waals surface area contributed by atoms with Crippen LogP contribution in [0.2, 0.25) is 0 Å². The third-order valence-corrected chi connectivity index (χ3v) is 3.97. The molecule has 7 nitrogen and oxygen atoms in total. The van der Waals surface area contributed by atoms with E-state index in [0.29, 0.717) is 0 Å². The van der Waals surface area contributed by atoms with Crippen molar-refractivity contribution in [1.82, 2.24) is 10.1 Å². The zero-order valence-electron chi connectivity index (χ0n) is 11.4. The first-order valence-corrected chi connectivity index (χ1v) is 7.83. The van der Waals surface area contributed by atoms with E-state index in [2.05, 4.69) is 10.1 Å². The van der Waals surface area contributed by atoms with Crippen molar-refractivity contribution in [2.24, 2.45) is 11.3 Å². The van der Waals surface area contributed by atoms with Crippen LogP contribution in [0.4, 0.5) is 0 Å². The fraction of sp³-hybridized carbons (Fsp3) is 0.727. The lowest BCUT2D eigenvalue weighted by atomic mass is 9.76. The molecular formula is C11H18N2O5S. The lowest BCUT2D eigenvalue weighted by Crippen LogP contribution is -2.35. The minimum atomic E-state index is -3.24. The van der Waals surface area contributed by atoms with Crippen molar-refractivity contribution in [2.45, 2.75) is 32.9 Å². The normalized spacial score (nSPS) is 15.4. The van der Waals surface area contributed by atoms with Gasteiger partial charge in [0.15, 0.2) is 15.7 Å². The third kappa shape index (κ3) is 4.02. The lowest BCUT2D eigenvalue weighted by Gasteiger charge is -2.27. The molecule has 0 aliphatic heterocycles. The smallest absolute Gasteiger partial charge is 0.310 e. The Hall–Kier alpha value is -1.44. The monoisotopic (exact) mass is 290 g/mol. The van der Waals surface area contributed by atoms with Gasteiger partial charge in [0, 0.05) is 12.7 Å². The van der Waals surface area contributed by atoms with Crippen LogP contribution in [0, 0.1) is 11.3 Å². The summed E-state index contributed by atoms with van der Waals surface area (Å²) < 4.78 is 27.1. The summed E-state index contributed by atoms with van der Waals surface area (Å²) in [5, 5.41) is 12.8. The zero-order chi connectivity index (χ0) is 14.8. The van der Waals surface area contributed by atoms with Crippen LogP contribution < -0.4 is 0 Å². The Bertz CT molecular complexity index is 563. The van der Waals surface area contributed by atoms with E-state index in [0.717, 1.165) is 6.26 Å². The molecule has 1 N–H and O–H groups in total. The summed E-state index contributed by atoms with van der Waals surface area (Å²) in [5.74, 6) is -1.21. The first-order chi connectivity index (χ1) is 8.54. The van der Waals surface area contributed by atoms with Gasteiger partial charge in [0.25, 0.3) is 0 Å². The van der Waals surface area contributed by atoms with Crippen molar-refractivity contribution in [3.63, 3.8) is 0 Å². The van der Waals surface area contributed by atoms with Crippen LogP contribution in [0.5, 0.6) is 0 Å². The predicted molar refractivity (Wildman–Crippen MR) is 67.1 cm³/mol. The zero-order valence-corrected chi connectivity index (χ0v) is 12.2. The number of aromatic nitrogens is 2. The molecule has 108 valence electrons. The Balaban J connectivity index is 2.91. The summed E-state index contributed by atoms with van der Waals surface area (Å²) in [4.78, 5) is 15.2. The molecule has 0 radical (unpaired) electrons. The van der Waals surface area contributed by atoms with Crippen LogP contribution in [0.3, 0.4) is 0 Å². The van der Waals surface area contributed by atoms with Crippen molar-refractivity contribution in [3.8, 4) is 0 Å². The molecule has 0 aliphatic rings. The van der Waals surface area contributed by atoms with Crippen molar-refractivity contribution < 1.29 is 22.8 Å². The van der Waals surface area contributed by atoms with Crippen molar-refractivity contribution in [2.75, 3.05) is 6.26 Å². The van der Waals surface area contributed by atoms with Crippen molar-refractivity contribution >= 4 is 15.8 Å². The maximum absolute atomic E-state index is 11.3. The summed E-state index contributed by atoms with van der Waals surface area (Å²) in [6, 6.07) is 0. The Labute approximate surface area is 111 Å². The molecule has 8 heteroatoms. The number of carbonyl (C=O) groups is 1. The Morgan fingerprint density at radius 1 is 1.47 bits per heavy atom. The highest BCUT2D eigenvalue weighted by Crippen LogP contribution is 2.31. The average molecular weight is 290 g/mol. The minimum Gasteiger partial charge on any atom is -0.481 e. The summed E-state index contributed by atoms with van der Waals surface area (Å²) in [7, 11) is -3.24. The van der Waals surface area contributed by atoms with E-state index in [9.17, 15) is 18.3 Å². The van der Waals surface area contributed by atoms with Crippen LogP contribution in [0.1, 0.15) is 32.5 Å². The fourth-order valence-electron chi connectivity index (χ4n) is 1.50. The quantitative estimate of drug-likeness (QED) is 0.828. The molecular weight excluding hydrogens is 272 g/mol. The first kappa shape index (κ1) is 15.6. The molecule has 0 fully saturated rings. The van der Waals surface area contributed by atoms with Gasteiger partial charge in [-0.3, -0.25) is 4.79 Å². The summed E-state index contributed by atoms with van der Waals surface area (Å²) in [6.07, 6.45) is 1.13. The molecule has 1 heterocycles. The van der Waals surface area contributed by atoms with Gasteiger partial charge in [-0.1, -0.05) is 19.0 Å². The number of carboxylic acid groups (broad SMARTS) is 1. The van der Waals surface area contributed by atoms with Crippen molar-refractivity contribution in [1.29, 1.82) is 0 Å². The standard InChI is InChI=1S/C11H18N2O5S/c1-7(2)11(3,10(14)15)5-9-12-8(13-18-9)6-19(4,16)17/h7H,5-6H2,1-4H3,(H,14,15). The van der Waals surface area contributed by atoms with Crippen LogP contribution in [-0.4, -0.2) is 35.9 Å². The van der Waals surface area contributed by atoms with Gasteiger partial charge >= 0.3 is 5.97 Å². The summed E-state index contributed by atoms with van der Waals surface area (Å²) in [5.41, 5.74) is -1.03. The molecule has 1 rings (SSSR count). The Morgan fingerprint density at radius 3 is 2.47 bits per heavy atom. The van der Waals surface area contributed by atoms with Crippen LogP contribution in [0.15, 0.2) is 4.52 Å². The molecule has 0 aromatic carbocycles. The lowest BCUT2D eigenvalue weighted by molar-refractivity contribution is -0.150.